The van der Waals surface area contributed by atoms with E-state index < -0.39 is 46.6 Å². The van der Waals surface area contributed by atoms with Crippen molar-refractivity contribution in [1.29, 1.82) is 5.41 Å². The molecule has 0 radical (unpaired) electrons. The lowest BCUT2D eigenvalue weighted by atomic mass is 10.1. The predicted molar refractivity (Wildman–Crippen MR) is 110 cm³/mol. The van der Waals surface area contributed by atoms with E-state index in [1.165, 1.54) is 48.5 Å². The van der Waals surface area contributed by atoms with Gasteiger partial charge in [-0.2, -0.15) is 4.90 Å². The van der Waals surface area contributed by atoms with Gasteiger partial charge in [-0.3, -0.25) is 10.3 Å². The molecule has 33 heavy (non-hydrogen) atoms. The van der Waals surface area contributed by atoms with Gasteiger partial charge in [-0.15, -0.1) is 0 Å². The van der Waals surface area contributed by atoms with Crippen molar-refractivity contribution in [2.24, 2.45) is 0 Å². The number of amidine groups is 1. The van der Waals surface area contributed by atoms with Gasteiger partial charge in [0.2, 0.25) is 0 Å². The first-order chi connectivity index (χ1) is 15.0. The van der Waals surface area contributed by atoms with Crippen molar-refractivity contribution in [3.63, 3.8) is 0 Å². The van der Waals surface area contributed by atoms with Gasteiger partial charge >= 0.3 is 0 Å². The van der Waals surface area contributed by atoms with E-state index in [4.69, 9.17) is 17.0 Å². The van der Waals surface area contributed by atoms with Crippen molar-refractivity contribution in [1.82, 2.24) is 4.90 Å². The minimum atomic E-state index is -4.34. The summed E-state index contributed by atoms with van der Waals surface area (Å²) in [6.07, 6.45) is 0. The van der Waals surface area contributed by atoms with E-state index in [9.17, 15) is 51.1 Å². The SMILES string of the molecule is N=C(CN1C(O)(O)C(O)(O)C(O)(O)C1(O)O)N(c1ccccc1)C(O)(O)c1ccc(Cl)cc1. The molecule has 11 N–H and O–H groups in total. The molecule has 2 aromatic rings. The number of nitrogens with one attached hydrogen (secondary N) is 1. The monoisotopic (exact) mass is 487 g/mol. The molecule has 0 amide bonds. The Morgan fingerprint density at radius 2 is 1.27 bits per heavy atom. The lowest BCUT2D eigenvalue weighted by Gasteiger charge is -2.41. The summed E-state index contributed by atoms with van der Waals surface area (Å²) in [4.78, 5) is 0.0732. The van der Waals surface area contributed by atoms with Crippen LogP contribution in [0, 0.1) is 5.41 Å². The van der Waals surface area contributed by atoms with Crippen LogP contribution in [0.3, 0.4) is 0 Å². The molecule has 0 aromatic heterocycles. The molecule has 1 heterocycles. The van der Waals surface area contributed by atoms with Crippen LogP contribution in [0.25, 0.3) is 0 Å². The van der Waals surface area contributed by atoms with E-state index in [0.717, 1.165) is 0 Å². The Bertz CT molecular complexity index is 1000. The average Bonchev–Trinajstić information content (AvgIpc) is 2.78. The summed E-state index contributed by atoms with van der Waals surface area (Å²) in [6, 6.07) is 12.2. The molecule has 2 aromatic carbocycles. The number of hydrogen-bond acceptors (Lipinski definition) is 12. The van der Waals surface area contributed by atoms with Gasteiger partial charge in [-0.1, -0.05) is 41.9 Å². The van der Waals surface area contributed by atoms with E-state index in [2.05, 4.69) is 0 Å². The van der Waals surface area contributed by atoms with Crippen LogP contribution in [0.4, 0.5) is 5.69 Å². The number of anilines is 1. The number of hydrogen-bond donors (Lipinski definition) is 11. The van der Waals surface area contributed by atoms with Crippen molar-refractivity contribution >= 4 is 23.1 Å². The van der Waals surface area contributed by atoms with Crippen LogP contribution >= 0.6 is 11.6 Å². The summed E-state index contributed by atoms with van der Waals surface area (Å²) < 4.78 is 0. The van der Waals surface area contributed by atoms with Crippen molar-refractivity contribution in [3.8, 4) is 0 Å². The van der Waals surface area contributed by atoms with Crippen LogP contribution in [-0.4, -0.2) is 91.7 Å². The normalized spacial score (nSPS) is 21.1. The zero-order valence-corrected chi connectivity index (χ0v) is 17.4. The minimum Gasteiger partial charge on any atom is -0.356 e. The standard InChI is InChI=1S/C19H22ClN3O10/c20-12-8-6-11(7-9-12)15(24,25)23(13-4-2-1-3-5-13)14(21)10-22-18(30,31)16(26,27)17(28,29)19(22,32)33/h1-9,21,24-33H,10H2. The van der Waals surface area contributed by atoms with Crippen LogP contribution < -0.4 is 4.90 Å². The average molecular weight is 488 g/mol. The largest absolute Gasteiger partial charge is 0.356 e. The molecule has 3 rings (SSSR count). The predicted octanol–water partition coefficient (Wildman–Crippen LogP) is -3.13. The Morgan fingerprint density at radius 3 is 1.73 bits per heavy atom. The summed E-state index contributed by atoms with van der Waals surface area (Å²) in [7, 11) is 0. The fourth-order valence-electron chi connectivity index (χ4n) is 3.41. The first-order valence-electron chi connectivity index (χ1n) is 9.19. The van der Waals surface area contributed by atoms with E-state index in [-0.39, 0.29) is 16.3 Å². The second kappa shape index (κ2) is 7.92. The molecule has 13 nitrogen and oxygen atoms in total. The molecule has 0 aliphatic carbocycles. The van der Waals surface area contributed by atoms with Crippen molar-refractivity contribution in [2.45, 2.75) is 29.3 Å². The highest BCUT2D eigenvalue weighted by Gasteiger charge is 2.83. The molecule has 1 aliphatic heterocycles. The third kappa shape index (κ3) is 3.70. The minimum absolute atomic E-state index is 0.0527. The molecule has 0 unspecified atom stereocenters. The molecule has 0 atom stereocenters. The smallest absolute Gasteiger partial charge is 0.297 e. The summed E-state index contributed by atoms with van der Waals surface area (Å²) in [6.45, 7) is -1.39. The molecule has 0 saturated carbocycles. The van der Waals surface area contributed by atoms with Crippen molar-refractivity contribution in [3.05, 3.63) is 65.2 Å². The third-order valence-electron chi connectivity index (χ3n) is 5.31. The maximum atomic E-state index is 10.9. The fourth-order valence-corrected chi connectivity index (χ4v) is 3.53. The van der Waals surface area contributed by atoms with E-state index in [0.29, 0.717) is 4.90 Å². The summed E-state index contributed by atoms with van der Waals surface area (Å²) in [5.41, 5.74) is -0.263. The Morgan fingerprint density at radius 1 is 0.818 bits per heavy atom. The fraction of sp³-hybridized carbons (Fsp3) is 0.316. The number of halogens is 1. The maximum Gasteiger partial charge on any atom is 0.297 e. The molecule has 180 valence electrons. The second-order valence-electron chi connectivity index (χ2n) is 7.46. The summed E-state index contributed by atoms with van der Waals surface area (Å²) in [5.74, 6) is -20.9. The van der Waals surface area contributed by atoms with Crippen LogP contribution in [0.15, 0.2) is 54.6 Å². The quantitative estimate of drug-likeness (QED) is 0.114. The van der Waals surface area contributed by atoms with Gasteiger partial charge in [0.15, 0.2) is 0 Å². The highest BCUT2D eigenvalue weighted by molar-refractivity contribution is 6.30. The third-order valence-corrected chi connectivity index (χ3v) is 5.56. The number of rotatable bonds is 5. The van der Waals surface area contributed by atoms with E-state index in [1.807, 2.05) is 0 Å². The topological polar surface area (TPSA) is 233 Å². The molecule has 1 fully saturated rings. The lowest BCUT2D eigenvalue weighted by molar-refractivity contribution is -0.452. The number of likely N-dealkylation sites (tertiary alicyclic amines) is 1. The van der Waals surface area contributed by atoms with Crippen molar-refractivity contribution < 1.29 is 51.1 Å². The second-order valence-corrected chi connectivity index (χ2v) is 7.90. The van der Waals surface area contributed by atoms with E-state index in [1.54, 1.807) is 6.07 Å². The molecule has 1 aliphatic rings. The van der Waals surface area contributed by atoms with Crippen LogP contribution in [0.5, 0.6) is 0 Å². The molecule has 0 spiro atoms. The maximum absolute atomic E-state index is 10.9. The van der Waals surface area contributed by atoms with Gasteiger partial charge in [-0.25, -0.2) is 0 Å². The zero-order valence-electron chi connectivity index (χ0n) is 16.6. The van der Waals surface area contributed by atoms with Gasteiger partial charge in [-0.05, 0) is 24.3 Å². The number of nitrogens with zero attached hydrogens (tertiary/aromatic N) is 2. The van der Waals surface area contributed by atoms with Gasteiger partial charge < -0.3 is 51.1 Å². The zero-order chi connectivity index (χ0) is 25.0. The van der Waals surface area contributed by atoms with Gasteiger partial charge in [0.25, 0.3) is 29.3 Å². The molecule has 14 heteroatoms. The first kappa shape index (κ1) is 25.4. The Balaban J connectivity index is 2.08. The highest BCUT2D eigenvalue weighted by Crippen LogP contribution is 2.47. The van der Waals surface area contributed by atoms with Crippen LogP contribution in [0.2, 0.25) is 5.02 Å². The molecular formula is C19H22ClN3O10. The van der Waals surface area contributed by atoms with Crippen LogP contribution in [-0.2, 0) is 5.91 Å². The van der Waals surface area contributed by atoms with Gasteiger partial charge in [0.1, 0.15) is 5.84 Å². The Labute approximate surface area is 190 Å². The van der Waals surface area contributed by atoms with Gasteiger partial charge in [0, 0.05) is 16.3 Å². The molecule has 1 saturated heterocycles. The molecule has 0 bridgehead atoms. The first-order valence-corrected chi connectivity index (χ1v) is 9.57. The van der Waals surface area contributed by atoms with Gasteiger partial charge in [0.05, 0.1) is 6.54 Å². The number of para-hydroxylation sites is 1. The highest BCUT2D eigenvalue weighted by atomic mass is 35.5. The lowest BCUT2D eigenvalue weighted by Crippen LogP contribution is -2.66. The Kier molecular flexibility index (Phi) is 6.09. The van der Waals surface area contributed by atoms with Crippen LogP contribution in [0.1, 0.15) is 5.56 Å². The summed E-state index contributed by atoms with van der Waals surface area (Å²) >= 11 is 5.82. The van der Waals surface area contributed by atoms with E-state index >= 15 is 0 Å². The molecular weight excluding hydrogens is 466 g/mol. The van der Waals surface area contributed by atoms with Crippen molar-refractivity contribution in [2.75, 3.05) is 11.4 Å². The number of benzene rings is 2. The Hall–Kier alpha value is -2.24. The summed E-state index contributed by atoms with van der Waals surface area (Å²) in [5, 5.41) is 110. The number of aliphatic hydroxyl groups is 10.